The standard InChI is InChI=1S/C16H33N/c1-3-5-6-7-8-9-10-11-13-16(12-4-2)14-17-15-16/h17H,3-15H2,1-2H3. The lowest BCUT2D eigenvalue weighted by molar-refractivity contribution is 0.132. The van der Waals surface area contributed by atoms with E-state index in [-0.39, 0.29) is 0 Å². The number of rotatable bonds is 11. The lowest BCUT2D eigenvalue weighted by Crippen LogP contribution is -2.53. The molecule has 1 nitrogen and oxygen atoms in total. The average Bonchev–Trinajstić information content (AvgIpc) is 2.29. The Hall–Kier alpha value is -0.0400. The molecule has 0 aliphatic carbocycles. The van der Waals surface area contributed by atoms with Gasteiger partial charge in [0.25, 0.3) is 0 Å². The van der Waals surface area contributed by atoms with E-state index < -0.39 is 0 Å². The van der Waals surface area contributed by atoms with Crippen molar-refractivity contribution in [1.82, 2.24) is 5.32 Å². The Morgan fingerprint density at radius 2 is 1.29 bits per heavy atom. The van der Waals surface area contributed by atoms with Crippen LogP contribution in [0.5, 0.6) is 0 Å². The van der Waals surface area contributed by atoms with E-state index in [1.165, 1.54) is 83.7 Å². The summed E-state index contributed by atoms with van der Waals surface area (Å²) in [6.45, 7) is 7.20. The molecule has 1 aliphatic rings. The predicted molar refractivity (Wildman–Crippen MR) is 77.4 cm³/mol. The first-order valence-electron chi connectivity index (χ1n) is 8.04. The quantitative estimate of drug-likeness (QED) is 0.505. The number of nitrogens with one attached hydrogen (secondary N) is 1. The van der Waals surface area contributed by atoms with Crippen LogP contribution in [0.1, 0.15) is 84.5 Å². The minimum absolute atomic E-state index is 0.705. The molecule has 0 bridgehead atoms. The number of hydrogen-bond donors (Lipinski definition) is 1. The van der Waals surface area contributed by atoms with Gasteiger partial charge in [-0.3, -0.25) is 0 Å². The molecule has 1 N–H and O–H groups in total. The predicted octanol–water partition coefficient (Wildman–Crippen LogP) is 4.91. The van der Waals surface area contributed by atoms with Crippen LogP contribution < -0.4 is 5.32 Å². The minimum atomic E-state index is 0.705. The van der Waals surface area contributed by atoms with Crippen LogP contribution in [-0.4, -0.2) is 13.1 Å². The molecular weight excluding hydrogens is 206 g/mol. The fourth-order valence-corrected chi connectivity index (χ4v) is 3.12. The van der Waals surface area contributed by atoms with E-state index >= 15 is 0 Å². The van der Waals surface area contributed by atoms with Crippen molar-refractivity contribution in [2.45, 2.75) is 84.5 Å². The van der Waals surface area contributed by atoms with Crippen LogP contribution in [0.15, 0.2) is 0 Å². The highest BCUT2D eigenvalue weighted by atomic mass is 15.0. The SMILES string of the molecule is CCCCCCCCCCC1(CCC)CNC1. The van der Waals surface area contributed by atoms with Gasteiger partial charge in [-0.15, -0.1) is 0 Å². The van der Waals surface area contributed by atoms with Crippen molar-refractivity contribution in [2.24, 2.45) is 5.41 Å². The van der Waals surface area contributed by atoms with E-state index in [0.717, 1.165) is 0 Å². The van der Waals surface area contributed by atoms with Gasteiger partial charge in [-0.25, -0.2) is 0 Å². The normalized spacial score (nSPS) is 18.0. The molecule has 0 aromatic carbocycles. The molecular formula is C16H33N. The Balaban J connectivity index is 1.89. The Bertz CT molecular complexity index is 172. The van der Waals surface area contributed by atoms with E-state index in [1.807, 2.05) is 0 Å². The summed E-state index contributed by atoms with van der Waals surface area (Å²) in [5.41, 5.74) is 0.705. The number of unbranched alkanes of at least 4 members (excludes halogenated alkanes) is 7. The average molecular weight is 239 g/mol. The maximum atomic E-state index is 3.46. The zero-order chi connectivity index (χ0) is 12.4. The summed E-state index contributed by atoms with van der Waals surface area (Å²) in [5, 5.41) is 3.46. The molecule has 1 fully saturated rings. The lowest BCUT2D eigenvalue weighted by Gasteiger charge is -2.43. The zero-order valence-corrected chi connectivity index (χ0v) is 12.2. The van der Waals surface area contributed by atoms with E-state index in [2.05, 4.69) is 19.2 Å². The first kappa shape index (κ1) is 15.0. The maximum absolute atomic E-state index is 3.46. The molecule has 0 saturated carbocycles. The van der Waals surface area contributed by atoms with Crippen molar-refractivity contribution in [3.63, 3.8) is 0 Å². The van der Waals surface area contributed by atoms with Gasteiger partial charge in [0, 0.05) is 13.1 Å². The van der Waals surface area contributed by atoms with Crippen molar-refractivity contribution in [2.75, 3.05) is 13.1 Å². The van der Waals surface area contributed by atoms with Crippen molar-refractivity contribution in [3.05, 3.63) is 0 Å². The van der Waals surface area contributed by atoms with E-state index in [9.17, 15) is 0 Å². The van der Waals surface area contributed by atoms with Crippen LogP contribution in [-0.2, 0) is 0 Å². The van der Waals surface area contributed by atoms with Gasteiger partial charge in [0.15, 0.2) is 0 Å². The summed E-state index contributed by atoms with van der Waals surface area (Å²) >= 11 is 0. The summed E-state index contributed by atoms with van der Waals surface area (Å²) in [5.74, 6) is 0. The monoisotopic (exact) mass is 239 g/mol. The highest BCUT2D eigenvalue weighted by molar-refractivity contribution is 4.91. The van der Waals surface area contributed by atoms with Gasteiger partial charge in [0.1, 0.15) is 0 Å². The lowest BCUT2D eigenvalue weighted by atomic mass is 9.74. The summed E-state index contributed by atoms with van der Waals surface area (Å²) < 4.78 is 0. The van der Waals surface area contributed by atoms with E-state index in [1.54, 1.807) is 0 Å². The molecule has 1 heteroatoms. The summed E-state index contributed by atoms with van der Waals surface area (Å²) in [6.07, 6.45) is 15.9. The smallest absolute Gasteiger partial charge is 0.00202 e. The molecule has 0 aromatic heterocycles. The van der Waals surface area contributed by atoms with E-state index in [0.29, 0.717) is 5.41 Å². The van der Waals surface area contributed by atoms with Crippen molar-refractivity contribution in [3.8, 4) is 0 Å². The summed E-state index contributed by atoms with van der Waals surface area (Å²) in [6, 6.07) is 0. The fraction of sp³-hybridized carbons (Fsp3) is 1.00. The van der Waals surface area contributed by atoms with E-state index in [4.69, 9.17) is 0 Å². The van der Waals surface area contributed by atoms with Gasteiger partial charge in [0.05, 0.1) is 0 Å². The third kappa shape index (κ3) is 5.90. The van der Waals surface area contributed by atoms with Crippen LogP contribution in [0.25, 0.3) is 0 Å². The molecule has 0 atom stereocenters. The second kappa shape index (κ2) is 8.97. The molecule has 17 heavy (non-hydrogen) atoms. The van der Waals surface area contributed by atoms with Gasteiger partial charge < -0.3 is 5.32 Å². The molecule has 0 aromatic rings. The van der Waals surface area contributed by atoms with Crippen molar-refractivity contribution in [1.29, 1.82) is 0 Å². The Morgan fingerprint density at radius 1 is 0.706 bits per heavy atom. The van der Waals surface area contributed by atoms with Gasteiger partial charge in [-0.2, -0.15) is 0 Å². The highest BCUT2D eigenvalue weighted by Crippen LogP contribution is 2.34. The van der Waals surface area contributed by atoms with Crippen molar-refractivity contribution >= 4 is 0 Å². The van der Waals surface area contributed by atoms with Crippen LogP contribution in [0.4, 0.5) is 0 Å². The maximum Gasteiger partial charge on any atom is 0.00202 e. The Kier molecular flexibility index (Phi) is 7.92. The third-order valence-electron chi connectivity index (χ3n) is 4.34. The fourth-order valence-electron chi connectivity index (χ4n) is 3.12. The topological polar surface area (TPSA) is 12.0 Å². The molecule has 0 unspecified atom stereocenters. The van der Waals surface area contributed by atoms with Crippen LogP contribution in [0.2, 0.25) is 0 Å². The molecule has 102 valence electrons. The largest absolute Gasteiger partial charge is 0.316 e. The van der Waals surface area contributed by atoms with Gasteiger partial charge >= 0.3 is 0 Å². The van der Waals surface area contributed by atoms with Crippen LogP contribution in [0.3, 0.4) is 0 Å². The molecule has 1 aliphatic heterocycles. The minimum Gasteiger partial charge on any atom is -0.316 e. The molecule has 1 rings (SSSR count). The van der Waals surface area contributed by atoms with Crippen LogP contribution >= 0.6 is 0 Å². The summed E-state index contributed by atoms with van der Waals surface area (Å²) in [4.78, 5) is 0. The van der Waals surface area contributed by atoms with Gasteiger partial charge in [0.2, 0.25) is 0 Å². The first-order chi connectivity index (χ1) is 8.33. The molecule has 0 amide bonds. The van der Waals surface area contributed by atoms with Gasteiger partial charge in [-0.05, 0) is 18.3 Å². The van der Waals surface area contributed by atoms with Crippen molar-refractivity contribution < 1.29 is 0 Å². The first-order valence-corrected chi connectivity index (χ1v) is 8.04. The highest BCUT2D eigenvalue weighted by Gasteiger charge is 2.34. The molecule has 0 spiro atoms. The Morgan fingerprint density at radius 3 is 1.76 bits per heavy atom. The zero-order valence-electron chi connectivity index (χ0n) is 12.2. The number of hydrogen-bond acceptors (Lipinski definition) is 1. The summed E-state index contributed by atoms with van der Waals surface area (Å²) in [7, 11) is 0. The second-order valence-electron chi connectivity index (χ2n) is 6.08. The van der Waals surface area contributed by atoms with Gasteiger partial charge in [-0.1, -0.05) is 71.6 Å². The second-order valence-corrected chi connectivity index (χ2v) is 6.08. The Labute approximate surface area is 109 Å². The van der Waals surface area contributed by atoms with Crippen LogP contribution in [0, 0.1) is 5.41 Å². The molecule has 1 heterocycles. The molecule has 0 radical (unpaired) electrons. The molecule has 1 saturated heterocycles. The third-order valence-corrected chi connectivity index (χ3v) is 4.34.